The number of nitrogens with one attached hydrogen (secondary N) is 2. The first kappa shape index (κ1) is 19.9. The number of carbonyl (C=O) groups is 1. The normalized spacial score (nSPS) is 14.8. The van der Waals surface area contributed by atoms with Crippen LogP contribution in [-0.2, 0) is 4.74 Å². The van der Waals surface area contributed by atoms with Crippen LogP contribution in [0.3, 0.4) is 0 Å². The van der Waals surface area contributed by atoms with Gasteiger partial charge in [0.15, 0.2) is 0 Å². The van der Waals surface area contributed by atoms with Gasteiger partial charge in [0.2, 0.25) is 0 Å². The van der Waals surface area contributed by atoms with Gasteiger partial charge in [-0.15, -0.1) is 0 Å². The largest absolute Gasteiger partial charge is 0.450 e. The van der Waals surface area contributed by atoms with Gasteiger partial charge in [-0.25, -0.2) is 14.8 Å². The van der Waals surface area contributed by atoms with E-state index in [4.69, 9.17) is 4.74 Å². The van der Waals surface area contributed by atoms with Crippen LogP contribution >= 0.6 is 0 Å². The summed E-state index contributed by atoms with van der Waals surface area (Å²) in [5.41, 5.74) is 2.31. The Balaban J connectivity index is 1.60. The third kappa shape index (κ3) is 5.12. The van der Waals surface area contributed by atoms with E-state index in [-0.39, 0.29) is 12.1 Å². The number of hydrogen-bond donors (Lipinski definition) is 2. The van der Waals surface area contributed by atoms with Gasteiger partial charge in [-0.3, -0.25) is 0 Å². The van der Waals surface area contributed by atoms with Gasteiger partial charge in [0.25, 0.3) is 0 Å². The summed E-state index contributed by atoms with van der Waals surface area (Å²) in [6.07, 6.45) is 3.07. The molecule has 1 aliphatic heterocycles. The van der Waals surface area contributed by atoms with Crippen LogP contribution in [0.2, 0.25) is 0 Å². The number of likely N-dealkylation sites (tertiary alicyclic amines) is 1. The lowest BCUT2D eigenvalue weighted by molar-refractivity contribution is 0.0983. The first-order valence-corrected chi connectivity index (χ1v) is 9.93. The van der Waals surface area contributed by atoms with E-state index in [0.29, 0.717) is 25.6 Å². The predicted octanol–water partition coefficient (Wildman–Crippen LogP) is 4.38. The third-order valence-corrected chi connectivity index (χ3v) is 4.89. The number of nitrogens with zero attached hydrogens (tertiary/aromatic N) is 3. The molecule has 150 valence electrons. The van der Waals surface area contributed by atoms with E-state index in [1.165, 1.54) is 5.56 Å². The van der Waals surface area contributed by atoms with E-state index in [2.05, 4.69) is 52.6 Å². The zero-order valence-corrected chi connectivity index (χ0v) is 16.8. The maximum atomic E-state index is 11.8. The molecule has 1 fully saturated rings. The second kappa shape index (κ2) is 9.39. The molecule has 0 spiro atoms. The lowest BCUT2D eigenvalue weighted by Gasteiger charge is -2.31. The van der Waals surface area contributed by atoms with Gasteiger partial charge in [0.1, 0.15) is 18.0 Å². The van der Waals surface area contributed by atoms with Gasteiger partial charge in [0.05, 0.1) is 6.61 Å². The van der Waals surface area contributed by atoms with Gasteiger partial charge in [0, 0.05) is 30.9 Å². The first-order valence-electron chi connectivity index (χ1n) is 9.93. The Labute approximate surface area is 166 Å². The highest BCUT2D eigenvalue weighted by atomic mass is 16.6. The lowest BCUT2D eigenvalue weighted by Crippen LogP contribution is -2.42. The molecule has 2 aromatic rings. The molecule has 3 rings (SSSR count). The number of aromatic nitrogens is 2. The molecule has 1 aliphatic rings. The molecular formula is C21H29N5O2. The van der Waals surface area contributed by atoms with E-state index in [0.717, 1.165) is 30.2 Å². The van der Waals surface area contributed by atoms with Crippen molar-refractivity contribution in [1.82, 2.24) is 14.9 Å². The number of piperidine rings is 1. The molecule has 0 unspecified atom stereocenters. The first-order chi connectivity index (χ1) is 13.6. The number of anilines is 3. The minimum absolute atomic E-state index is 0.224. The Morgan fingerprint density at radius 1 is 1.21 bits per heavy atom. The van der Waals surface area contributed by atoms with Gasteiger partial charge < -0.3 is 20.3 Å². The molecular weight excluding hydrogens is 354 g/mol. The van der Waals surface area contributed by atoms with Crippen LogP contribution in [0.1, 0.15) is 45.1 Å². The number of rotatable bonds is 6. The molecule has 0 radical (unpaired) electrons. The summed E-state index contributed by atoms with van der Waals surface area (Å²) in [7, 11) is 0. The molecule has 0 aliphatic carbocycles. The molecule has 0 atom stereocenters. The Morgan fingerprint density at radius 3 is 2.64 bits per heavy atom. The van der Waals surface area contributed by atoms with Crippen LogP contribution in [0.15, 0.2) is 36.7 Å². The highest BCUT2D eigenvalue weighted by Crippen LogP contribution is 2.27. The summed E-state index contributed by atoms with van der Waals surface area (Å²) in [5.74, 6) is 1.97. The van der Waals surface area contributed by atoms with E-state index >= 15 is 0 Å². The zero-order valence-electron chi connectivity index (χ0n) is 16.8. The molecule has 0 saturated carbocycles. The second-order valence-corrected chi connectivity index (χ2v) is 7.26. The monoisotopic (exact) mass is 383 g/mol. The van der Waals surface area contributed by atoms with Crippen molar-refractivity contribution in [2.45, 2.75) is 45.6 Å². The van der Waals surface area contributed by atoms with Crippen molar-refractivity contribution < 1.29 is 9.53 Å². The van der Waals surface area contributed by atoms with Gasteiger partial charge in [-0.2, -0.15) is 0 Å². The SMILES string of the molecule is CCOC(=O)N1CCC(Nc2cc(Nc3ccccc3C(C)C)ncn2)CC1. The van der Waals surface area contributed by atoms with Crippen molar-refractivity contribution >= 4 is 23.4 Å². The van der Waals surface area contributed by atoms with E-state index in [1.807, 2.05) is 19.1 Å². The molecule has 7 heteroatoms. The quantitative estimate of drug-likeness (QED) is 0.771. The Hall–Kier alpha value is -2.83. The molecule has 1 aromatic heterocycles. The Bertz CT molecular complexity index is 788. The Morgan fingerprint density at radius 2 is 1.93 bits per heavy atom. The summed E-state index contributed by atoms with van der Waals surface area (Å²) < 4.78 is 5.07. The van der Waals surface area contributed by atoms with Crippen molar-refractivity contribution in [3.63, 3.8) is 0 Å². The van der Waals surface area contributed by atoms with Gasteiger partial charge in [-0.1, -0.05) is 32.0 Å². The minimum atomic E-state index is -0.224. The zero-order chi connectivity index (χ0) is 19.9. The van der Waals surface area contributed by atoms with Crippen LogP contribution in [0, 0.1) is 0 Å². The minimum Gasteiger partial charge on any atom is -0.450 e. The second-order valence-electron chi connectivity index (χ2n) is 7.26. The summed E-state index contributed by atoms with van der Waals surface area (Å²) in [6, 6.07) is 10.5. The fourth-order valence-electron chi connectivity index (χ4n) is 3.39. The van der Waals surface area contributed by atoms with Crippen molar-refractivity contribution in [3.8, 4) is 0 Å². The van der Waals surface area contributed by atoms with Gasteiger partial charge >= 0.3 is 6.09 Å². The topological polar surface area (TPSA) is 79.4 Å². The van der Waals surface area contributed by atoms with Crippen LogP contribution < -0.4 is 10.6 Å². The molecule has 1 aromatic carbocycles. The summed E-state index contributed by atoms with van der Waals surface area (Å²) in [6.45, 7) is 7.97. The fraction of sp³-hybridized carbons (Fsp3) is 0.476. The number of carbonyl (C=O) groups excluding carboxylic acids is 1. The van der Waals surface area contributed by atoms with Crippen molar-refractivity contribution in [2.24, 2.45) is 0 Å². The molecule has 1 saturated heterocycles. The fourth-order valence-corrected chi connectivity index (χ4v) is 3.39. The van der Waals surface area contributed by atoms with E-state index < -0.39 is 0 Å². The average Bonchev–Trinajstić information content (AvgIpc) is 2.69. The van der Waals surface area contributed by atoms with E-state index in [1.54, 1.807) is 11.2 Å². The predicted molar refractivity (Wildman–Crippen MR) is 111 cm³/mol. The third-order valence-electron chi connectivity index (χ3n) is 4.89. The average molecular weight is 383 g/mol. The van der Waals surface area contributed by atoms with Crippen LogP contribution in [0.25, 0.3) is 0 Å². The maximum Gasteiger partial charge on any atom is 0.409 e. The number of ether oxygens (including phenoxy) is 1. The van der Waals surface area contributed by atoms with Crippen LogP contribution in [0.4, 0.5) is 22.1 Å². The standard InChI is InChI=1S/C21H29N5O2/c1-4-28-21(27)26-11-9-16(10-12-26)24-19-13-20(23-14-22-19)25-18-8-6-5-7-17(18)15(2)3/h5-8,13-16H,4,9-12H2,1-3H3,(H2,22,23,24,25). The summed E-state index contributed by atoms with van der Waals surface area (Å²) in [5, 5.41) is 6.87. The van der Waals surface area contributed by atoms with Crippen molar-refractivity contribution in [2.75, 3.05) is 30.3 Å². The molecule has 2 N–H and O–H groups in total. The van der Waals surface area contributed by atoms with Crippen molar-refractivity contribution in [3.05, 3.63) is 42.2 Å². The van der Waals surface area contributed by atoms with Crippen molar-refractivity contribution in [1.29, 1.82) is 0 Å². The maximum absolute atomic E-state index is 11.8. The number of hydrogen-bond acceptors (Lipinski definition) is 6. The molecule has 2 heterocycles. The molecule has 1 amide bonds. The number of para-hydroxylation sites is 1. The van der Waals surface area contributed by atoms with Gasteiger partial charge in [-0.05, 0) is 37.3 Å². The molecule has 0 bridgehead atoms. The summed E-state index contributed by atoms with van der Waals surface area (Å²) in [4.78, 5) is 22.3. The molecule has 7 nitrogen and oxygen atoms in total. The summed E-state index contributed by atoms with van der Waals surface area (Å²) >= 11 is 0. The lowest BCUT2D eigenvalue weighted by atomic mass is 10.0. The van der Waals surface area contributed by atoms with Crippen LogP contribution in [-0.4, -0.2) is 46.7 Å². The highest BCUT2D eigenvalue weighted by Gasteiger charge is 2.23. The Kier molecular flexibility index (Phi) is 6.68. The number of benzene rings is 1. The molecule has 28 heavy (non-hydrogen) atoms. The van der Waals surface area contributed by atoms with E-state index in [9.17, 15) is 4.79 Å². The highest BCUT2D eigenvalue weighted by molar-refractivity contribution is 5.67. The smallest absolute Gasteiger partial charge is 0.409 e. The number of amides is 1. The van der Waals surface area contributed by atoms with Crippen LogP contribution in [0.5, 0.6) is 0 Å².